The highest BCUT2D eigenvalue weighted by atomic mass is 19.3. The van der Waals surface area contributed by atoms with Crippen LogP contribution in [0, 0.1) is 23.7 Å². The molecule has 0 spiro atoms. The van der Waals surface area contributed by atoms with E-state index in [0.717, 1.165) is 5.48 Å². The van der Waals surface area contributed by atoms with Gasteiger partial charge in [-0.15, -0.1) is 0 Å². The molecule has 2 atom stereocenters. The normalized spacial score (nSPS) is 13.2. The van der Waals surface area contributed by atoms with Crippen molar-refractivity contribution in [3.8, 4) is 23.7 Å². The van der Waals surface area contributed by atoms with Crippen LogP contribution in [0.15, 0.2) is 41.3 Å². The highest BCUT2D eigenvalue weighted by Crippen LogP contribution is 2.20. The number of aliphatic hydroxyl groups is 1. The molecule has 0 saturated carbocycles. The van der Waals surface area contributed by atoms with Gasteiger partial charge in [-0.2, -0.15) is 0 Å². The van der Waals surface area contributed by atoms with Crippen molar-refractivity contribution in [1.82, 2.24) is 15.8 Å². The molecule has 4 N–H and O–H groups in total. The predicted octanol–water partition coefficient (Wildman–Crippen LogP) is 0.698. The maximum absolute atomic E-state index is 13.0. The number of halogens is 2. The van der Waals surface area contributed by atoms with Gasteiger partial charge < -0.3 is 14.8 Å². The van der Waals surface area contributed by atoms with E-state index in [1.807, 2.05) is 5.32 Å². The summed E-state index contributed by atoms with van der Waals surface area (Å²) in [5.41, 5.74) is -1.24. The minimum absolute atomic E-state index is 0.0177. The molecule has 0 aliphatic heterocycles. The molecule has 0 radical (unpaired) electrons. The molecule has 2 rings (SSSR count). The van der Waals surface area contributed by atoms with E-state index in [9.17, 15) is 23.5 Å². The lowest BCUT2D eigenvalue weighted by Gasteiger charge is -2.30. The van der Waals surface area contributed by atoms with Gasteiger partial charge in [0, 0.05) is 11.1 Å². The van der Waals surface area contributed by atoms with Gasteiger partial charge in [0.05, 0.1) is 6.20 Å². The van der Waals surface area contributed by atoms with Gasteiger partial charge in [-0.25, -0.2) is 19.2 Å². The largest absolute Gasteiger partial charge is 0.435 e. The maximum atomic E-state index is 13.0. The van der Waals surface area contributed by atoms with E-state index < -0.39 is 29.9 Å². The van der Waals surface area contributed by atoms with Crippen LogP contribution in [0.2, 0.25) is 0 Å². The topological polar surface area (TPSA) is 125 Å². The van der Waals surface area contributed by atoms with Gasteiger partial charge >= 0.3 is 0 Å². The van der Waals surface area contributed by atoms with Gasteiger partial charge in [-0.1, -0.05) is 5.92 Å². The zero-order valence-corrected chi connectivity index (χ0v) is 14.9. The first-order valence-electron chi connectivity index (χ1n) is 8.01. The second-order valence-corrected chi connectivity index (χ2v) is 5.85. The van der Waals surface area contributed by atoms with E-state index in [1.165, 1.54) is 36.9 Å². The zero-order chi connectivity index (χ0) is 21.4. The second-order valence-electron chi connectivity index (χ2n) is 5.85. The minimum atomic E-state index is -3.36. The first-order chi connectivity index (χ1) is 13.8. The van der Waals surface area contributed by atoms with Gasteiger partial charge in [0.25, 0.3) is 18.2 Å². The predicted molar refractivity (Wildman–Crippen MR) is 94.5 cm³/mol. The molecule has 0 bridgehead atoms. The molecule has 2 amide bonds. The summed E-state index contributed by atoms with van der Waals surface area (Å²) in [6.45, 7) is 0.663. The average molecular weight is 403 g/mol. The van der Waals surface area contributed by atoms with Gasteiger partial charge in [0.2, 0.25) is 0 Å². The monoisotopic (exact) mass is 403 g/mol. The van der Waals surface area contributed by atoms with Gasteiger partial charge in [0.15, 0.2) is 17.8 Å². The van der Waals surface area contributed by atoms with E-state index in [-0.39, 0.29) is 5.56 Å². The molecule has 10 heteroatoms. The molecule has 8 nitrogen and oxygen atoms in total. The molecule has 1 aromatic heterocycles. The molecule has 0 aliphatic carbocycles. The Labute approximate surface area is 163 Å². The van der Waals surface area contributed by atoms with Crippen molar-refractivity contribution in [3.63, 3.8) is 0 Å². The van der Waals surface area contributed by atoms with Crippen molar-refractivity contribution in [2.45, 2.75) is 25.0 Å². The highest BCUT2D eigenvalue weighted by Gasteiger charge is 2.46. The number of alkyl halides is 2. The number of nitrogens with one attached hydrogen (secondary N) is 2. The van der Waals surface area contributed by atoms with Crippen LogP contribution in [0.4, 0.5) is 8.78 Å². The van der Waals surface area contributed by atoms with Gasteiger partial charge in [0.1, 0.15) is 6.04 Å². The molecule has 0 aliphatic rings. The van der Waals surface area contributed by atoms with Gasteiger partial charge in [-0.3, -0.25) is 14.8 Å². The van der Waals surface area contributed by atoms with Crippen LogP contribution in [0.5, 0.6) is 0 Å². The lowest BCUT2D eigenvalue weighted by Crippen LogP contribution is -2.61. The lowest BCUT2D eigenvalue weighted by atomic mass is 9.95. The lowest BCUT2D eigenvalue weighted by molar-refractivity contribution is -0.149. The van der Waals surface area contributed by atoms with Crippen molar-refractivity contribution in [3.05, 3.63) is 53.7 Å². The first-order valence-corrected chi connectivity index (χ1v) is 8.01. The molecule has 29 heavy (non-hydrogen) atoms. The van der Waals surface area contributed by atoms with Crippen molar-refractivity contribution >= 4 is 11.8 Å². The molecule has 0 saturated heterocycles. The third-order valence-electron chi connectivity index (χ3n) is 3.71. The number of hydrogen-bond acceptors (Lipinski definition) is 6. The summed E-state index contributed by atoms with van der Waals surface area (Å²) in [4.78, 5) is 27.5. The number of hydrogen-bond donors (Lipinski definition) is 4. The molecule has 0 fully saturated rings. The number of nitrogens with zero attached hydrogens (tertiary/aromatic N) is 1. The summed E-state index contributed by atoms with van der Waals surface area (Å²) >= 11 is 0. The highest BCUT2D eigenvalue weighted by molar-refractivity contribution is 5.97. The van der Waals surface area contributed by atoms with Crippen LogP contribution in [0.3, 0.4) is 0 Å². The molecule has 1 unspecified atom stereocenters. The number of amides is 2. The van der Waals surface area contributed by atoms with Crippen LogP contribution in [0.25, 0.3) is 0 Å². The number of benzene rings is 1. The van der Waals surface area contributed by atoms with Crippen molar-refractivity contribution < 1.29 is 33.1 Å². The summed E-state index contributed by atoms with van der Waals surface area (Å²) in [7, 11) is 0. The smallest absolute Gasteiger partial charge is 0.269 e. The van der Waals surface area contributed by atoms with E-state index in [1.54, 1.807) is 0 Å². The summed E-state index contributed by atoms with van der Waals surface area (Å²) in [5, 5.41) is 20.5. The van der Waals surface area contributed by atoms with Crippen LogP contribution in [-0.2, 0) is 4.79 Å². The second kappa shape index (κ2) is 9.46. The SMILES string of the molecule is CC(O)(C(F)F)[C@H](NC(=O)c1ccc(C#CC#Cc2cnco2)cc1)C(=O)NO. The van der Waals surface area contributed by atoms with E-state index >= 15 is 0 Å². The van der Waals surface area contributed by atoms with Crippen LogP contribution < -0.4 is 10.8 Å². The number of hydroxylamine groups is 1. The standard InChI is InChI=1S/C19H15F2N3O5/c1-19(27,18(20)21)15(17(26)24-28)23-16(25)13-8-6-12(7-9-13)4-2-3-5-14-10-22-11-29-14/h6-11,15,18,27-28H,1H3,(H,23,25)(H,24,26)/t15-,19?/m1/s1. The summed E-state index contributed by atoms with van der Waals surface area (Å²) in [6.07, 6.45) is -0.699. The Morgan fingerprint density at radius 1 is 1.21 bits per heavy atom. The Morgan fingerprint density at radius 3 is 2.41 bits per heavy atom. The Kier molecular flexibility index (Phi) is 7.04. The van der Waals surface area contributed by atoms with Crippen LogP contribution >= 0.6 is 0 Å². The van der Waals surface area contributed by atoms with Crippen LogP contribution in [-0.4, -0.2) is 45.2 Å². The Balaban J connectivity index is 2.10. The number of carbonyl (C=O) groups is 2. The van der Waals surface area contributed by atoms with E-state index in [2.05, 4.69) is 28.7 Å². The number of oxazole rings is 1. The van der Waals surface area contributed by atoms with Crippen molar-refractivity contribution in [2.75, 3.05) is 0 Å². The molecular weight excluding hydrogens is 388 g/mol. The maximum Gasteiger partial charge on any atom is 0.269 e. The molecule has 1 heterocycles. The Bertz CT molecular complexity index is 981. The first kappa shape index (κ1) is 21.6. The fourth-order valence-electron chi connectivity index (χ4n) is 2.06. The third kappa shape index (κ3) is 5.62. The van der Waals surface area contributed by atoms with Crippen LogP contribution in [0.1, 0.15) is 28.6 Å². The van der Waals surface area contributed by atoms with Gasteiger partial charge in [-0.05, 0) is 49.0 Å². The van der Waals surface area contributed by atoms with Crippen molar-refractivity contribution in [1.29, 1.82) is 0 Å². The Morgan fingerprint density at radius 2 is 1.86 bits per heavy atom. The Hall–Kier alpha value is -3.73. The zero-order valence-electron chi connectivity index (χ0n) is 14.9. The average Bonchev–Trinajstić information content (AvgIpc) is 3.22. The number of aromatic nitrogens is 1. The molecule has 150 valence electrons. The number of carbonyl (C=O) groups excluding carboxylic acids is 2. The summed E-state index contributed by atoms with van der Waals surface area (Å²) in [5.74, 6) is 8.54. The minimum Gasteiger partial charge on any atom is -0.435 e. The fraction of sp³-hybridized carbons (Fsp3) is 0.211. The number of rotatable bonds is 5. The molecule has 1 aromatic carbocycles. The summed E-state index contributed by atoms with van der Waals surface area (Å²) < 4.78 is 30.9. The third-order valence-corrected chi connectivity index (χ3v) is 3.71. The molecule has 2 aromatic rings. The van der Waals surface area contributed by atoms with E-state index in [4.69, 9.17) is 9.62 Å². The quantitative estimate of drug-likeness (QED) is 0.331. The molecular formula is C19H15F2N3O5. The van der Waals surface area contributed by atoms with Crippen molar-refractivity contribution in [2.24, 2.45) is 0 Å². The summed E-state index contributed by atoms with van der Waals surface area (Å²) in [6, 6.07) is 3.54. The van der Waals surface area contributed by atoms with E-state index in [0.29, 0.717) is 18.2 Å². The fourth-order valence-corrected chi connectivity index (χ4v) is 2.06.